The molecule has 0 saturated heterocycles. The Morgan fingerprint density at radius 3 is 2.54 bits per heavy atom. The highest BCUT2D eigenvalue weighted by Crippen LogP contribution is 2.39. The van der Waals surface area contributed by atoms with Crippen molar-refractivity contribution in [1.82, 2.24) is 15.0 Å². The van der Waals surface area contributed by atoms with Crippen LogP contribution < -0.4 is 5.32 Å². The molecule has 0 bridgehead atoms. The van der Waals surface area contributed by atoms with E-state index in [9.17, 15) is 8.42 Å². The highest BCUT2D eigenvalue weighted by Gasteiger charge is 2.22. The lowest BCUT2D eigenvalue weighted by Crippen LogP contribution is -2.05. The van der Waals surface area contributed by atoms with Crippen LogP contribution in [0.1, 0.15) is 34.6 Å². The van der Waals surface area contributed by atoms with E-state index < -0.39 is 9.84 Å². The van der Waals surface area contributed by atoms with Gasteiger partial charge in [0.1, 0.15) is 16.4 Å². The van der Waals surface area contributed by atoms with Crippen molar-refractivity contribution >= 4 is 49.8 Å². The van der Waals surface area contributed by atoms with E-state index in [0.717, 1.165) is 43.9 Å². The zero-order valence-electron chi connectivity index (χ0n) is 20.8. The van der Waals surface area contributed by atoms with E-state index >= 15 is 0 Å². The number of pyridine rings is 2. The molecule has 8 nitrogen and oxygen atoms in total. The second-order valence-electron chi connectivity index (χ2n) is 9.02. The number of aliphatic imine (C=N–C) groups is 1. The average molecular weight is 529 g/mol. The zero-order valence-corrected chi connectivity index (χ0v) is 22.5. The predicted molar refractivity (Wildman–Crippen MR) is 147 cm³/mol. The number of hydrogen-bond acceptors (Lipinski definition) is 8. The second kappa shape index (κ2) is 9.50. The Labute approximate surface area is 219 Å². The molecule has 0 atom stereocenters. The molecule has 0 radical (unpaired) electrons. The fraction of sp³-hybridized carbons (Fsp3) is 0.222. The maximum absolute atomic E-state index is 12.8. The van der Waals surface area contributed by atoms with Crippen LogP contribution in [0.25, 0.3) is 15.4 Å². The standard InChI is InChI=1S/C27H24N6O2S2/c1-15-11-22-26(29-15)23(14-20(31-22)13-19-7-6-8-25(28-4)32-19)33-21-10-9-18(12-24(21)37(5,34)35)27-30-16(2)17(3)36-27/h6-10,12,14H,11,13H2,1-3,5H3,(H,31,33). The molecule has 1 aliphatic heterocycles. The number of benzene rings is 1. The molecule has 0 saturated carbocycles. The molecular weight excluding hydrogens is 504 g/mol. The molecule has 1 aromatic carbocycles. The number of hydrogen-bond donors (Lipinski definition) is 1. The van der Waals surface area contributed by atoms with Gasteiger partial charge in [-0.15, -0.1) is 16.3 Å². The summed E-state index contributed by atoms with van der Waals surface area (Å²) in [5, 5.41) is 4.12. The molecule has 186 valence electrons. The SMILES string of the molecule is [C-]#[N+]c1cccc(Cc2cc(Nc3ccc(-c4nc(C)c(C)s4)cc3S(C)(=O)=O)c3c(n2)CC(C)=N3)n1. The lowest BCUT2D eigenvalue weighted by molar-refractivity contribution is 0.602. The van der Waals surface area contributed by atoms with Crippen molar-refractivity contribution in [3.05, 3.63) is 81.5 Å². The summed E-state index contributed by atoms with van der Waals surface area (Å²) in [5.74, 6) is 0.333. The van der Waals surface area contributed by atoms with E-state index in [4.69, 9.17) is 11.6 Å². The minimum Gasteiger partial charge on any atom is -0.361 e. The van der Waals surface area contributed by atoms with Gasteiger partial charge in [0.05, 0.1) is 39.8 Å². The normalized spacial score (nSPS) is 12.7. The van der Waals surface area contributed by atoms with Crippen molar-refractivity contribution in [2.75, 3.05) is 11.6 Å². The highest BCUT2D eigenvalue weighted by molar-refractivity contribution is 7.90. The number of aryl methyl sites for hydroxylation is 2. The van der Waals surface area contributed by atoms with Gasteiger partial charge in [-0.2, -0.15) is 0 Å². The fourth-order valence-electron chi connectivity index (χ4n) is 4.18. The maximum Gasteiger partial charge on any atom is 0.269 e. The van der Waals surface area contributed by atoms with Crippen molar-refractivity contribution in [3.8, 4) is 10.6 Å². The molecule has 1 aliphatic rings. The molecule has 5 rings (SSSR count). The number of rotatable bonds is 6. The van der Waals surface area contributed by atoms with Gasteiger partial charge in [-0.3, -0.25) is 9.98 Å². The number of fused-ring (bicyclic) bond motifs is 1. The van der Waals surface area contributed by atoms with Crippen molar-refractivity contribution in [3.63, 3.8) is 0 Å². The Morgan fingerprint density at radius 1 is 1.03 bits per heavy atom. The van der Waals surface area contributed by atoms with Crippen molar-refractivity contribution in [2.24, 2.45) is 4.99 Å². The van der Waals surface area contributed by atoms with Gasteiger partial charge >= 0.3 is 0 Å². The zero-order chi connectivity index (χ0) is 26.3. The Hall–Kier alpha value is -3.94. The number of sulfone groups is 1. The summed E-state index contributed by atoms with van der Waals surface area (Å²) >= 11 is 1.54. The van der Waals surface area contributed by atoms with Crippen LogP contribution in [0.3, 0.4) is 0 Å². The summed E-state index contributed by atoms with van der Waals surface area (Å²) in [6.07, 6.45) is 2.26. The van der Waals surface area contributed by atoms with Crippen LogP contribution in [0.4, 0.5) is 22.9 Å². The highest BCUT2D eigenvalue weighted by atomic mass is 32.2. The molecule has 0 unspecified atom stereocenters. The third kappa shape index (κ3) is 5.14. The van der Waals surface area contributed by atoms with E-state index in [1.807, 2.05) is 39.0 Å². The van der Waals surface area contributed by atoms with Crippen LogP contribution in [0.2, 0.25) is 0 Å². The number of aromatic nitrogens is 3. The van der Waals surface area contributed by atoms with Gasteiger partial charge in [0.15, 0.2) is 9.84 Å². The predicted octanol–water partition coefficient (Wildman–Crippen LogP) is 6.15. The molecule has 0 spiro atoms. The van der Waals surface area contributed by atoms with Crippen molar-refractivity contribution in [2.45, 2.75) is 38.5 Å². The Bertz CT molecular complexity index is 1710. The quantitative estimate of drug-likeness (QED) is 0.301. The number of nitrogens with zero attached hydrogens (tertiary/aromatic N) is 5. The summed E-state index contributed by atoms with van der Waals surface area (Å²) in [5.41, 5.74) is 6.79. The Balaban J connectivity index is 1.56. The van der Waals surface area contributed by atoms with Crippen LogP contribution in [-0.2, 0) is 22.7 Å². The van der Waals surface area contributed by atoms with Gasteiger partial charge in [0, 0.05) is 28.8 Å². The lowest BCUT2D eigenvalue weighted by Gasteiger charge is -2.15. The summed E-state index contributed by atoms with van der Waals surface area (Å²) in [6, 6.07) is 12.5. The minimum atomic E-state index is -3.55. The molecule has 10 heteroatoms. The molecule has 37 heavy (non-hydrogen) atoms. The van der Waals surface area contributed by atoms with E-state index in [2.05, 4.69) is 25.1 Å². The lowest BCUT2D eigenvalue weighted by atomic mass is 10.1. The molecule has 4 aromatic rings. The van der Waals surface area contributed by atoms with Crippen LogP contribution >= 0.6 is 11.3 Å². The first kappa shape index (κ1) is 24.7. The van der Waals surface area contributed by atoms with Gasteiger partial charge < -0.3 is 10.2 Å². The van der Waals surface area contributed by atoms with E-state index in [1.54, 1.807) is 35.6 Å². The third-order valence-electron chi connectivity index (χ3n) is 6.04. The average Bonchev–Trinajstić information content (AvgIpc) is 3.39. The van der Waals surface area contributed by atoms with E-state index in [0.29, 0.717) is 35.7 Å². The van der Waals surface area contributed by atoms with E-state index in [1.165, 1.54) is 6.26 Å². The van der Waals surface area contributed by atoms with Gasteiger partial charge in [0.2, 0.25) is 0 Å². The first-order valence-electron chi connectivity index (χ1n) is 11.6. The number of thiazole rings is 1. The smallest absolute Gasteiger partial charge is 0.269 e. The maximum atomic E-state index is 12.8. The number of anilines is 2. The fourth-order valence-corrected chi connectivity index (χ4v) is 5.95. The van der Waals surface area contributed by atoms with Crippen LogP contribution in [-0.4, -0.2) is 35.3 Å². The van der Waals surface area contributed by atoms with Gasteiger partial charge in [-0.25, -0.2) is 13.4 Å². The van der Waals surface area contributed by atoms with Gasteiger partial charge in [0.25, 0.3) is 5.82 Å². The van der Waals surface area contributed by atoms with Crippen molar-refractivity contribution < 1.29 is 8.42 Å². The molecule has 0 amide bonds. The molecule has 1 N–H and O–H groups in total. The summed E-state index contributed by atoms with van der Waals surface area (Å²) < 4.78 is 25.6. The first-order valence-corrected chi connectivity index (χ1v) is 14.3. The van der Waals surface area contributed by atoms with Gasteiger partial charge in [-0.1, -0.05) is 12.6 Å². The number of nitrogens with one attached hydrogen (secondary N) is 1. The van der Waals surface area contributed by atoms with Crippen molar-refractivity contribution in [1.29, 1.82) is 0 Å². The minimum absolute atomic E-state index is 0.188. The van der Waals surface area contributed by atoms with Crippen LogP contribution in [0.5, 0.6) is 0 Å². The molecular formula is C27H24N6O2S2. The van der Waals surface area contributed by atoms with Gasteiger partial charge in [-0.05, 0) is 57.2 Å². The molecule has 0 fully saturated rings. The largest absolute Gasteiger partial charge is 0.361 e. The van der Waals surface area contributed by atoms with E-state index in [-0.39, 0.29) is 4.90 Å². The Kier molecular flexibility index (Phi) is 6.35. The first-order chi connectivity index (χ1) is 17.6. The summed E-state index contributed by atoms with van der Waals surface area (Å²) in [7, 11) is -3.55. The molecule has 0 aliphatic carbocycles. The third-order valence-corrected chi connectivity index (χ3v) is 8.30. The van der Waals surface area contributed by atoms with Crippen LogP contribution in [0, 0.1) is 20.4 Å². The molecule has 3 aromatic heterocycles. The molecule has 4 heterocycles. The Morgan fingerprint density at radius 2 is 1.84 bits per heavy atom. The topological polar surface area (TPSA) is 102 Å². The summed E-state index contributed by atoms with van der Waals surface area (Å²) in [4.78, 5) is 23.1. The summed E-state index contributed by atoms with van der Waals surface area (Å²) in [6.45, 7) is 13.1. The van der Waals surface area contributed by atoms with Crippen LogP contribution in [0.15, 0.2) is 52.4 Å². The monoisotopic (exact) mass is 528 g/mol. The second-order valence-corrected chi connectivity index (χ2v) is 12.2.